The van der Waals surface area contributed by atoms with Crippen LogP contribution in [0.1, 0.15) is 15.9 Å². The number of nitrogens with one attached hydrogen (secondary N) is 1. The van der Waals surface area contributed by atoms with E-state index in [1.165, 1.54) is 11.1 Å². The standard InChI is InChI=1S/C31H29N5O5/c1-40-26-14-12-25(13-15-26)36-28(31(39)41-33-36)22-27(32-29(37)24-10-6-3-7-11-24)30(38)35-20-18-34(19-21-35)17-16-23-8-4-2-5-9-23/h2-17,22,33H,18-21H2,1H3/b17-16+,28-22+,32-27?. The van der Waals surface area contributed by atoms with E-state index in [0.717, 1.165) is 5.56 Å². The Morgan fingerprint density at radius 2 is 1.56 bits per heavy atom. The maximum Gasteiger partial charge on any atom is 0.376 e. The molecule has 1 N–H and O–H groups in total. The minimum atomic E-state index is -0.718. The Bertz CT molecular complexity index is 1480. The number of ether oxygens (including phenoxy) is 1. The largest absolute Gasteiger partial charge is 0.497 e. The first-order valence-corrected chi connectivity index (χ1v) is 13.1. The van der Waals surface area contributed by atoms with Gasteiger partial charge in [0.25, 0.3) is 11.8 Å². The molecular formula is C31H29N5O5. The van der Waals surface area contributed by atoms with Crippen molar-refractivity contribution in [3.8, 4) is 5.75 Å². The molecule has 208 valence electrons. The van der Waals surface area contributed by atoms with Crippen LogP contribution in [0.25, 0.3) is 6.08 Å². The van der Waals surface area contributed by atoms with Crippen molar-refractivity contribution < 1.29 is 24.0 Å². The lowest BCUT2D eigenvalue weighted by atomic mass is 10.2. The Labute approximate surface area is 237 Å². The van der Waals surface area contributed by atoms with Crippen molar-refractivity contribution >= 4 is 35.3 Å². The molecule has 2 fully saturated rings. The van der Waals surface area contributed by atoms with Gasteiger partial charge in [0.1, 0.15) is 11.5 Å². The number of carbonyl (C=O) groups is 3. The van der Waals surface area contributed by atoms with Crippen LogP contribution in [0, 0.1) is 0 Å². The molecule has 0 atom stereocenters. The quantitative estimate of drug-likeness (QED) is 0.352. The maximum absolute atomic E-state index is 13.7. The van der Waals surface area contributed by atoms with Gasteiger partial charge in [-0.1, -0.05) is 54.1 Å². The number of piperazine rings is 1. The lowest BCUT2D eigenvalue weighted by Gasteiger charge is -2.34. The number of anilines is 1. The molecule has 0 unspecified atom stereocenters. The predicted octanol–water partition coefficient (Wildman–Crippen LogP) is 3.46. The van der Waals surface area contributed by atoms with E-state index in [0.29, 0.717) is 43.2 Å². The Hall–Kier alpha value is -5.22. The summed E-state index contributed by atoms with van der Waals surface area (Å²) in [5, 5.41) is 1.38. The maximum atomic E-state index is 13.7. The predicted molar refractivity (Wildman–Crippen MR) is 155 cm³/mol. The number of methoxy groups -OCH3 is 1. The number of amides is 2. The summed E-state index contributed by atoms with van der Waals surface area (Å²) in [6, 6.07) is 25.3. The molecule has 41 heavy (non-hydrogen) atoms. The number of carbonyl (C=O) groups excluding carboxylic acids is 3. The molecule has 3 aromatic rings. The Kier molecular flexibility index (Phi) is 8.51. The van der Waals surface area contributed by atoms with E-state index in [-0.39, 0.29) is 11.4 Å². The summed E-state index contributed by atoms with van der Waals surface area (Å²) in [5.41, 5.74) is 4.36. The van der Waals surface area contributed by atoms with Crippen molar-refractivity contribution in [1.29, 1.82) is 0 Å². The highest BCUT2D eigenvalue weighted by Gasteiger charge is 2.32. The fourth-order valence-corrected chi connectivity index (χ4v) is 4.34. The van der Waals surface area contributed by atoms with Crippen molar-refractivity contribution in [2.75, 3.05) is 38.3 Å². The number of rotatable bonds is 7. The average molecular weight is 552 g/mol. The van der Waals surface area contributed by atoms with Gasteiger partial charge in [-0.25, -0.2) is 14.8 Å². The molecule has 2 amide bonds. The van der Waals surface area contributed by atoms with Gasteiger partial charge in [-0.15, -0.1) is 0 Å². The van der Waals surface area contributed by atoms with Crippen molar-refractivity contribution in [1.82, 2.24) is 15.4 Å². The summed E-state index contributed by atoms with van der Waals surface area (Å²) >= 11 is 0. The number of benzene rings is 3. The average Bonchev–Trinajstić information content (AvgIpc) is 3.40. The number of aliphatic imine (C=N–C) groups is 1. The third kappa shape index (κ3) is 6.68. The molecule has 0 aromatic heterocycles. The van der Waals surface area contributed by atoms with Gasteiger partial charge in [-0.3, -0.25) is 9.59 Å². The molecule has 0 saturated carbocycles. The molecule has 0 radical (unpaired) electrons. The van der Waals surface area contributed by atoms with E-state index in [9.17, 15) is 14.4 Å². The Balaban J connectivity index is 1.39. The highest BCUT2D eigenvalue weighted by Crippen LogP contribution is 2.25. The van der Waals surface area contributed by atoms with Gasteiger partial charge in [0.2, 0.25) is 0 Å². The van der Waals surface area contributed by atoms with Gasteiger partial charge in [-0.05, 0) is 54.2 Å². The van der Waals surface area contributed by atoms with Crippen LogP contribution in [0.3, 0.4) is 0 Å². The van der Waals surface area contributed by atoms with Gasteiger partial charge in [-0.2, -0.15) is 0 Å². The van der Waals surface area contributed by atoms with E-state index in [4.69, 9.17) is 9.57 Å². The normalized spacial score (nSPS) is 16.8. The number of hydrogen-bond acceptors (Lipinski definition) is 8. The zero-order valence-corrected chi connectivity index (χ0v) is 22.5. The number of hydrogen-bond donors (Lipinski definition) is 1. The molecule has 0 aliphatic carbocycles. The SMILES string of the molecule is COc1ccc(N2NOC(=O)/C2=C\C(=NC(=O)c2ccccc2)C(=O)N2CCN(/C=C/c3ccccc3)CC2)cc1. The highest BCUT2D eigenvalue weighted by molar-refractivity contribution is 6.45. The summed E-state index contributed by atoms with van der Waals surface area (Å²) in [7, 11) is 1.55. The second-order valence-electron chi connectivity index (χ2n) is 9.27. The fraction of sp³-hybridized carbons (Fsp3) is 0.161. The summed E-state index contributed by atoms with van der Waals surface area (Å²) < 4.78 is 5.21. The van der Waals surface area contributed by atoms with Gasteiger partial charge >= 0.3 is 5.97 Å². The molecule has 2 heterocycles. The van der Waals surface area contributed by atoms with Crippen molar-refractivity contribution in [2.45, 2.75) is 0 Å². The van der Waals surface area contributed by atoms with Crippen molar-refractivity contribution in [3.63, 3.8) is 0 Å². The molecule has 10 heteroatoms. The summed E-state index contributed by atoms with van der Waals surface area (Å²) in [4.78, 5) is 52.4. The zero-order valence-electron chi connectivity index (χ0n) is 22.5. The van der Waals surface area contributed by atoms with Crippen molar-refractivity contribution in [2.24, 2.45) is 4.99 Å². The van der Waals surface area contributed by atoms with Crippen LogP contribution < -0.4 is 15.3 Å². The molecule has 2 aliphatic heterocycles. The first kappa shape index (κ1) is 27.4. The molecule has 2 aliphatic rings. The first-order chi connectivity index (χ1) is 20.0. The third-order valence-corrected chi connectivity index (χ3v) is 6.62. The van der Waals surface area contributed by atoms with E-state index in [1.807, 2.05) is 42.6 Å². The van der Waals surface area contributed by atoms with E-state index >= 15 is 0 Å². The Morgan fingerprint density at radius 1 is 0.902 bits per heavy atom. The van der Waals surface area contributed by atoms with Crippen LogP contribution in [0.15, 0.2) is 108 Å². The summed E-state index contributed by atoms with van der Waals surface area (Å²) in [6.07, 6.45) is 5.33. The number of nitrogens with zero attached hydrogens (tertiary/aromatic N) is 4. The minimum absolute atomic E-state index is 0.00700. The molecule has 0 bridgehead atoms. The smallest absolute Gasteiger partial charge is 0.376 e. The highest BCUT2D eigenvalue weighted by atomic mass is 16.7. The van der Waals surface area contributed by atoms with Gasteiger partial charge in [0.05, 0.1) is 12.8 Å². The zero-order chi connectivity index (χ0) is 28.6. The van der Waals surface area contributed by atoms with Crippen LogP contribution in [0.5, 0.6) is 5.75 Å². The molecular weight excluding hydrogens is 522 g/mol. The second kappa shape index (κ2) is 12.8. The number of hydrazine groups is 1. The van der Waals surface area contributed by atoms with Crippen LogP contribution in [-0.2, 0) is 14.4 Å². The van der Waals surface area contributed by atoms with E-state index < -0.39 is 17.8 Å². The van der Waals surface area contributed by atoms with Crippen LogP contribution in [0.2, 0.25) is 0 Å². The third-order valence-electron chi connectivity index (χ3n) is 6.62. The Morgan fingerprint density at radius 3 is 2.22 bits per heavy atom. The second-order valence-corrected chi connectivity index (χ2v) is 9.27. The lowest BCUT2D eigenvalue weighted by molar-refractivity contribution is -0.140. The van der Waals surface area contributed by atoms with Crippen LogP contribution >= 0.6 is 0 Å². The first-order valence-electron chi connectivity index (χ1n) is 13.1. The minimum Gasteiger partial charge on any atom is -0.497 e. The lowest BCUT2D eigenvalue weighted by Crippen LogP contribution is -2.49. The summed E-state index contributed by atoms with van der Waals surface area (Å²) in [6.45, 7) is 2.05. The van der Waals surface area contributed by atoms with Gasteiger partial charge < -0.3 is 19.4 Å². The molecule has 2 saturated heterocycles. The van der Waals surface area contributed by atoms with Crippen molar-refractivity contribution in [3.05, 3.63) is 114 Å². The van der Waals surface area contributed by atoms with Crippen LogP contribution in [0.4, 0.5) is 5.69 Å². The monoisotopic (exact) mass is 551 g/mol. The van der Waals surface area contributed by atoms with Gasteiger partial charge in [0.15, 0.2) is 5.70 Å². The topological polar surface area (TPSA) is 104 Å². The van der Waals surface area contributed by atoms with E-state index in [1.54, 1.807) is 66.6 Å². The van der Waals surface area contributed by atoms with E-state index in [2.05, 4.69) is 15.5 Å². The molecule has 5 rings (SSSR count). The summed E-state index contributed by atoms with van der Waals surface area (Å²) in [5.74, 6) is -1.13. The fourth-order valence-electron chi connectivity index (χ4n) is 4.34. The van der Waals surface area contributed by atoms with Crippen LogP contribution in [-0.4, -0.2) is 66.6 Å². The van der Waals surface area contributed by atoms with Gasteiger partial charge in [0, 0.05) is 37.8 Å². The molecule has 3 aromatic carbocycles. The molecule has 10 nitrogen and oxygen atoms in total. The molecule has 0 spiro atoms.